The van der Waals surface area contributed by atoms with Crippen molar-refractivity contribution in [3.63, 3.8) is 0 Å². The lowest BCUT2D eigenvalue weighted by molar-refractivity contribution is 0.0951. The molecule has 0 radical (unpaired) electrons. The van der Waals surface area contributed by atoms with Crippen molar-refractivity contribution in [3.8, 4) is 0 Å². The van der Waals surface area contributed by atoms with E-state index in [2.05, 4.69) is 24.1 Å². The summed E-state index contributed by atoms with van der Waals surface area (Å²) in [7, 11) is 0. The van der Waals surface area contributed by atoms with Crippen LogP contribution in [0, 0.1) is 0 Å². The molecule has 0 saturated heterocycles. The lowest BCUT2D eigenvalue weighted by Gasteiger charge is -2.05. The van der Waals surface area contributed by atoms with Gasteiger partial charge in [0.2, 0.25) is 0 Å². The van der Waals surface area contributed by atoms with Gasteiger partial charge in [0.1, 0.15) is 5.01 Å². The first-order valence-corrected chi connectivity index (χ1v) is 7.49. The first kappa shape index (κ1) is 14.7. The van der Waals surface area contributed by atoms with Crippen LogP contribution in [0.3, 0.4) is 0 Å². The van der Waals surface area contributed by atoms with Gasteiger partial charge in [0.25, 0.3) is 5.91 Å². The summed E-state index contributed by atoms with van der Waals surface area (Å²) in [5, 5.41) is 5.86. The number of aromatic nitrogens is 1. The normalized spacial score (nSPS) is 10.8. The number of hydrogen-bond acceptors (Lipinski definition) is 4. The van der Waals surface area contributed by atoms with Crippen molar-refractivity contribution >= 4 is 17.2 Å². The Labute approximate surface area is 123 Å². The van der Waals surface area contributed by atoms with Crippen LogP contribution in [0.4, 0.5) is 0 Å². The summed E-state index contributed by atoms with van der Waals surface area (Å²) in [5.41, 5.74) is 8.23. The summed E-state index contributed by atoms with van der Waals surface area (Å²) in [6.45, 7) is 5.11. The van der Waals surface area contributed by atoms with Gasteiger partial charge in [-0.25, -0.2) is 4.98 Å². The van der Waals surface area contributed by atoms with E-state index in [1.165, 1.54) is 0 Å². The van der Waals surface area contributed by atoms with Crippen LogP contribution in [0.25, 0.3) is 0 Å². The third kappa shape index (κ3) is 3.65. The van der Waals surface area contributed by atoms with Gasteiger partial charge in [-0.05, 0) is 23.6 Å². The molecule has 3 N–H and O–H groups in total. The van der Waals surface area contributed by atoms with Crippen molar-refractivity contribution in [2.45, 2.75) is 32.9 Å². The Morgan fingerprint density at radius 1 is 1.45 bits per heavy atom. The van der Waals surface area contributed by atoms with Crippen molar-refractivity contribution in [2.24, 2.45) is 5.73 Å². The topological polar surface area (TPSA) is 68.0 Å². The second kappa shape index (κ2) is 6.63. The van der Waals surface area contributed by atoms with E-state index in [4.69, 9.17) is 5.73 Å². The van der Waals surface area contributed by atoms with Crippen LogP contribution in [-0.2, 0) is 13.1 Å². The van der Waals surface area contributed by atoms with E-state index in [1.807, 2.05) is 23.6 Å². The molecule has 0 aliphatic carbocycles. The van der Waals surface area contributed by atoms with E-state index >= 15 is 0 Å². The molecule has 1 amide bonds. The van der Waals surface area contributed by atoms with Crippen LogP contribution in [0.1, 0.15) is 46.4 Å². The zero-order chi connectivity index (χ0) is 14.5. The summed E-state index contributed by atoms with van der Waals surface area (Å²) < 4.78 is 0. The molecule has 0 fully saturated rings. The number of hydrogen-bond donors (Lipinski definition) is 2. The number of nitrogens with zero attached hydrogens (tertiary/aromatic N) is 1. The Hall–Kier alpha value is -1.72. The summed E-state index contributed by atoms with van der Waals surface area (Å²) in [4.78, 5) is 16.5. The molecule has 2 rings (SSSR count). The molecular weight excluding hydrogens is 270 g/mol. The monoisotopic (exact) mass is 289 g/mol. The number of nitrogens with one attached hydrogen (secondary N) is 1. The van der Waals surface area contributed by atoms with E-state index in [0.29, 0.717) is 24.6 Å². The average Bonchev–Trinajstić information content (AvgIpc) is 2.94. The molecule has 1 aromatic carbocycles. The summed E-state index contributed by atoms with van der Waals surface area (Å²) in [6.07, 6.45) is 0. The van der Waals surface area contributed by atoms with E-state index in [1.54, 1.807) is 17.4 Å². The van der Waals surface area contributed by atoms with Crippen molar-refractivity contribution in [3.05, 3.63) is 51.5 Å². The first-order chi connectivity index (χ1) is 9.60. The van der Waals surface area contributed by atoms with Gasteiger partial charge in [0.05, 0.1) is 12.2 Å². The van der Waals surface area contributed by atoms with Crippen molar-refractivity contribution in [1.82, 2.24) is 10.3 Å². The molecule has 106 valence electrons. The molecule has 0 atom stereocenters. The van der Waals surface area contributed by atoms with Gasteiger partial charge in [-0.1, -0.05) is 26.0 Å². The zero-order valence-corrected chi connectivity index (χ0v) is 12.5. The van der Waals surface area contributed by atoms with Crippen LogP contribution in [0.5, 0.6) is 0 Å². The maximum absolute atomic E-state index is 12.1. The fourth-order valence-corrected chi connectivity index (χ4v) is 2.66. The molecule has 0 saturated carbocycles. The number of carbonyl (C=O) groups is 1. The third-order valence-electron chi connectivity index (χ3n) is 2.99. The smallest absolute Gasteiger partial charge is 0.251 e. The number of carbonyl (C=O) groups excluding carboxylic acids is 1. The van der Waals surface area contributed by atoms with E-state index < -0.39 is 0 Å². The minimum Gasteiger partial charge on any atom is -0.346 e. The third-order valence-corrected chi connectivity index (χ3v) is 3.85. The van der Waals surface area contributed by atoms with Crippen LogP contribution >= 0.6 is 11.3 Å². The van der Waals surface area contributed by atoms with Gasteiger partial charge < -0.3 is 11.1 Å². The molecule has 4 nitrogen and oxygen atoms in total. The summed E-state index contributed by atoms with van der Waals surface area (Å²) >= 11 is 1.58. The Morgan fingerprint density at radius 3 is 2.90 bits per heavy atom. The second-order valence-electron chi connectivity index (χ2n) is 4.91. The quantitative estimate of drug-likeness (QED) is 0.889. The highest BCUT2D eigenvalue weighted by Gasteiger charge is 2.09. The Balaban J connectivity index is 1.97. The average molecular weight is 289 g/mol. The predicted octanol–water partition coefficient (Wildman–Crippen LogP) is 2.66. The predicted molar refractivity (Wildman–Crippen MR) is 81.7 cm³/mol. The molecule has 20 heavy (non-hydrogen) atoms. The molecular formula is C15H19N3OS. The fourth-order valence-electron chi connectivity index (χ4n) is 1.77. The molecule has 1 heterocycles. The van der Waals surface area contributed by atoms with Crippen LogP contribution in [0.15, 0.2) is 29.6 Å². The molecule has 0 spiro atoms. The number of amides is 1. The van der Waals surface area contributed by atoms with Crippen molar-refractivity contribution in [1.29, 1.82) is 0 Å². The largest absolute Gasteiger partial charge is 0.346 e. The molecule has 0 aliphatic rings. The highest BCUT2D eigenvalue weighted by Crippen LogP contribution is 2.17. The maximum atomic E-state index is 12.1. The number of benzene rings is 1. The minimum absolute atomic E-state index is 0.0957. The van der Waals surface area contributed by atoms with Gasteiger partial charge in [-0.3, -0.25) is 4.79 Å². The molecule has 2 aromatic rings. The van der Waals surface area contributed by atoms with E-state index in [9.17, 15) is 4.79 Å². The molecule has 0 aliphatic heterocycles. The summed E-state index contributed by atoms with van der Waals surface area (Å²) in [5.74, 6) is 0.318. The van der Waals surface area contributed by atoms with Crippen molar-refractivity contribution in [2.75, 3.05) is 0 Å². The fraction of sp³-hybridized carbons (Fsp3) is 0.333. The van der Waals surface area contributed by atoms with Crippen LogP contribution in [0.2, 0.25) is 0 Å². The second-order valence-corrected chi connectivity index (χ2v) is 5.85. The lowest BCUT2D eigenvalue weighted by Crippen LogP contribution is -2.23. The standard InChI is InChI=1S/C15H19N3OS/c1-10(2)13-9-20-14(18-13)8-17-15(19)12-5-3-4-11(6-12)7-16/h3-6,9-10H,7-8,16H2,1-2H3,(H,17,19). The summed E-state index contributed by atoms with van der Waals surface area (Å²) in [6, 6.07) is 7.36. The number of nitrogens with two attached hydrogens (primary N) is 1. The highest BCUT2D eigenvalue weighted by molar-refractivity contribution is 7.09. The van der Waals surface area contributed by atoms with Crippen molar-refractivity contribution < 1.29 is 4.79 Å². The lowest BCUT2D eigenvalue weighted by atomic mass is 10.1. The Kier molecular flexibility index (Phi) is 4.87. The Morgan fingerprint density at radius 2 is 2.25 bits per heavy atom. The van der Waals surface area contributed by atoms with Crippen LogP contribution in [-0.4, -0.2) is 10.9 Å². The zero-order valence-electron chi connectivity index (χ0n) is 11.7. The molecule has 0 unspecified atom stereocenters. The van der Waals surface area contributed by atoms with Gasteiger partial charge >= 0.3 is 0 Å². The number of thiazole rings is 1. The van der Waals surface area contributed by atoms with E-state index in [-0.39, 0.29) is 5.91 Å². The minimum atomic E-state index is -0.0957. The van der Waals surface area contributed by atoms with Crippen LogP contribution < -0.4 is 11.1 Å². The molecule has 0 bridgehead atoms. The number of rotatable bonds is 5. The maximum Gasteiger partial charge on any atom is 0.251 e. The van der Waals surface area contributed by atoms with Gasteiger partial charge in [0, 0.05) is 17.5 Å². The molecule has 5 heteroatoms. The highest BCUT2D eigenvalue weighted by atomic mass is 32.1. The van der Waals surface area contributed by atoms with E-state index in [0.717, 1.165) is 16.3 Å². The SMILES string of the molecule is CC(C)c1csc(CNC(=O)c2cccc(CN)c2)n1. The van der Waals surface area contributed by atoms with Gasteiger partial charge in [-0.2, -0.15) is 0 Å². The Bertz CT molecular complexity index is 592. The first-order valence-electron chi connectivity index (χ1n) is 6.61. The van der Waals surface area contributed by atoms with Gasteiger partial charge in [0.15, 0.2) is 0 Å². The van der Waals surface area contributed by atoms with Gasteiger partial charge in [-0.15, -0.1) is 11.3 Å². The molecule has 1 aromatic heterocycles.